The Bertz CT molecular complexity index is 320. The van der Waals surface area contributed by atoms with E-state index in [0.717, 1.165) is 5.69 Å². The molecule has 0 aromatic carbocycles. The van der Waals surface area contributed by atoms with Gasteiger partial charge in [0.15, 0.2) is 5.82 Å². The molecule has 1 aromatic heterocycles. The largest absolute Gasteiger partial charge is 0.377 e. The lowest BCUT2D eigenvalue weighted by Gasteiger charge is -2.18. The number of aromatic nitrogens is 2. The smallest absolute Gasteiger partial charge is 0.155 e. The van der Waals surface area contributed by atoms with E-state index in [1.165, 1.54) is 0 Å². The van der Waals surface area contributed by atoms with Crippen molar-refractivity contribution in [3.05, 3.63) is 22.7 Å². The highest BCUT2D eigenvalue weighted by atomic mass is 35.5. The molecule has 4 heteroatoms. The fraction of sp³-hybridized carbons (Fsp3) is 0.600. The van der Waals surface area contributed by atoms with Gasteiger partial charge < -0.3 is 4.74 Å². The van der Waals surface area contributed by atoms with Crippen LogP contribution in [0, 0.1) is 0 Å². The zero-order chi connectivity index (χ0) is 10.8. The van der Waals surface area contributed by atoms with Gasteiger partial charge in [-0.1, -0.05) is 32.4 Å². The van der Waals surface area contributed by atoms with Crippen LogP contribution in [0.25, 0.3) is 0 Å². The van der Waals surface area contributed by atoms with Gasteiger partial charge in [0.25, 0.3) is 0 Å². The predicted molar refractivity (Wildman–Crippen MR) is 56.5 cm³/mol. The second-order valence-corrected chi connectivity index (χ2v) is 4.56. The number of methoxy groups -OCH3 is 1. The number of halogens is 1. The molecule has 1 heterocycles. The lowest BCUT2D eigenvalue weighted by atomic mass is 9.92. The van der Waals surface area contributed by atoms with Crippen molar-refractivity contribution in [2.24, 2.45) is 0 Å². The molecule has 1 rings (SSSR count). The van der Waals surface area contributed by atoms with Crippen molar-refractivity contribution < 1.29 is 4.74 Å². The first-order valence-electron chi connectivity index (χ1n) is 4.46. The van der Waals surface area contributed by atoms with Crippen LogP contribution in [-0.2, 0) is 16.8 Å². The number of rotatable bonds is 2. The molecule has 0 unspecified atom stereocenters. The molecule has 0 saturated carbocycles. The van der Waals surface area contributed by atoms with Crippen molar-refractivity contribution in [2.75, 3.05) is 7.11 Å². The highest BCUT2D eigenvalue weighted by molar-refractivity contribution is 6.29. The summed E-state index contributed by atoms with van der Waals surface area (Å²) in [6.07, 6.45) is 0. The molecule has 0 N–H and O–H groups in total. The van der Waals surface area contributed by atoms with Crippen LogP contribution in [0.1, 0.15) is 32.3 Å². The molecular formula is C10H15ClN2O. The van der Waals surface area contributed by atoms with E-state index in [1.807, 2.05) is 0 Å². The summed E-state index contributed by atoms with van der Waals surface area (Å²) in [5.41, 5.74) is 0.916. The third-order valence-corrected chi connectivity index (χ3v) is 1.98. The Morgan fingerprint density at radius 2 is 2.00 bits per heavy atom. The summed E-state index contributed by atoms with van der Waals surface area (Å²) in [6.45, 7) is 6.65. The summed E-state index contributed by atoms with van der Waals surface area (Å²) in [5, 5.41) is 0.469. The maximum Gasteiger partial charge on any atom is 0.155 e. The SMILES string of the molecule is COCc1nc(Cl)cc(C(C)(C)C)n1. The molecule has 3 nitrogen and oxygen atoms in total. The molecular weight excluding hydrogens is 200 g/mol. The van der Waals surface area contributed by atoms with E-state index in [0.29, 0.717) is 17.6 Å². The first-order chi connectivity index (χ1) is 6.43. The normalized spacial score (nSPS) is 11.8. The van der Waals surface area contributed by atoms with Gasteiger partial charge in [-0.25, -0.2) is 9.97 Å². The Balaban J connectivity index is 3.07. The minimum atomic E-state index is -0.0188. The third kappa shape index (κ3) is 2.93. The van der Waals surface area contributed by atoms with Crippen LogP contribution in [0.2, 0.25) is 5.15 Å². The third-order valence-electron chi connectivity index (χ3n) is 1.78. The van der Waals surface area contributed by atoms with Crippen LogP contribution in [0.3, 0.4) is 0 Å². The molecule has 78 valence electrons. The molecule has 1 aromatic rings. The summed E-state index contributed by atoms with van der Waals surface area (Å²) in [6, 6.07) is 1.79. The van der Waals surface area contributed by atoms with Crippen molar-refractivity contribution in [2.45, 2.75) is 32.8 Å². The van der Waals surface area contributed by atoms with Gasteiger partial charge in [-0.15, -0.1) is 0 Å². The van der Waals surface area contributed by atoms with Crippen molar-refractivity contribution >= 4 is 11.6 Å². The van der Waals surface area contributed by atoms with Crippen LogP contribution in [-0.4, -0.2) is 17.1 Å². The Morgan fingerprint density at radius 1 is 1.36 bits per heavy atom. The molecule has 0 spiro atoms. The van der Waals surface area contributed by atoms with Crippen molar-refractivity contribution in [3.63, 3.8) is 0 Å². The van der Waals surface area contributed by atoms with E-state index in [9.17, 15) is 0 Å². The molecule has 0 fully saturated rings. The zero-order valence-electron chi connectivity index (χ0n) is 8.97. The van der Waals surface area contributed by atoms with Gasteiger partial charge in [0.1, 0.15) is 11.8 Å². The Labute approximate surface area is 89.5 Å². The average Bonchev–Trinajstić information content (AvgIpc) is 2.02. The van der Waals surface area contributed by atoms with Gasteiger partial charge in [-0.3, -0.25) is 0 Å². The molecule has 0 atom stereocenters. The molecule has 0 amide bonds. The van der Waals surface area contributed by atoms with Gasteiger partial charge in [0.05, 0.1) is 5.69 Å². The van der Waals surface area contributed by atoms with Gasteiger partial charge in [0.2, 0.25) is 0 Å². The zero-order valence-corrected chi connectivity index (χ0v) is 9.72. The summed E-state index contributed by atoms with van der Waals surface area (Å²) < 4.78 is 4.97. The molecule has 0 aliphatic carbocycles. The number of nitrogens with zero attached hydrogens (tertiary/aromatic N) is 2. The van der Waals surface area contributed by atoms with Crippen molar-refractivity contribution in [3.8, 4) is 0 Å². The first-order valence-corrected chi connectivity index (χ1v) is 4.84. The van der Waals surface area contributed by atoms with Gasteiger partial charge in [0, 0.05) is 12.5 Å². The molecule has 0 aliphatic heterocycles. The molecule has 0 saturated heterocycles. The average molecular weight is 215 g/mol. The number of hydrogen-bond donors (Lipinski definition) is 0. The fourth-order valence-corrected chi connectivity index (χ4v) is 1.24. The van der Waals surface area contributed by atoms with E-state index >= 15 is 0 Å². The summed E-state index contributed by atoms with van der Waals surface area (Å²) >= 11 is 5.89. The van der Waals surface area contributed by atoms with E-state index in [2.05, 4.69) is 30.7 Å². The second-order valence-electron chi connectivity index (χ2n) is 4.18. The maximum absolute atomic E-state index is 5.89. The van der Waals surface area contributed by atoms with Gasteiger partial charge in [-0.05, 0) is 6.07 Å². The van der Waals surface area contributed by atoms with E-state index in [-0.39, 0.29) is 5.41 Å². The quantitative estimate of drug-likeness (QED) is 0.710. The first kappa shape index (κ1) is 11.4. The monoisotopic (exact) mass is 214 g/mol. The molecule has 14 heavy (non-hydrogen) atoms. The summed E-state index contributed by atoms with van der Waals surface area (Å²) in [5.74, 6) is 0.630. The highest BCUT2D eigenvalue weighted by Gasteiger charge is 2.17. The molecule has 0 radical (unpaired) electrons. The van der Waals surface area contributed by atoms with Crippen molar-refractivity contribution in [1.29, 1.82) is 0 Å². The van der Waals surface area contributed by atoms with Gasteiger partial charge >= 0.3 is 0 Å². The van der Waals surface area contributed by atoms with Crippen LogP contribution < -0.4 is 0 Å². The standard InChI is InChI=1S/C10H15ClN2O/c1-10(2,3)7-5-8(11)13-9(12-7)6-14-4/h5H,6H2,1-4H3. The van der Waals surface area contributed by atoms with Crippen LogP contribution in [0.5, 0.6) is 0 Å². The van der Waals surface area contributed by atoms with E-state index < -0.39 is 0 Å². The topological polar surface area (TPSA) is 35.0 Å². The predicted octanol–water partition coefficient (Wildman–Crippen LogP) is 2.57. The Morgan fingerprint density at radius 3 is 2.50 bits per heavy atom. The summed E-state index contributed by atoms with van der Waals surface area (Å²) in [7, 11) is 1.61. The molecule has 0 bridgehead atoms. The summed E-state index contributed by atoms with van der Waals surface area (Å²) in [4.78, 5) is 8.44. The lowest BCUT2D eigenvalue weighted by molar-refractivity contribution is 0.177. The van der Waals surface area contributed by atoms with E-state index in [1.54, 1.807) is 13.2 Å². The minimum Gasteiger partial charge on any atom is -0.377 e. The van der Waals surface area contributed by atoms with Gasteiger partial charge in [-0.2, -0.15) is 0 Å². The Kier molecular flexibility index (Phi) is 3.45. The Hall–Kier alpha value is -0.670. The van der Waals surface area contributed by atoms with Crippen molar-refractivity contribution in [1.82, 2.24) is 9.97 Å². The number of hydrogen-bond acceptors (Lipinski definition) is 3. The highest BCUT2D eigenvalue weighted by Crippen LogP contribution is 2.22. The van der Waals surface area contributed by atoms with Crippen LogP contribution >= 0.6 is 11.6 Å². The van der Waals surface area contributed by atoms with Crippen LogP contribution in [0.15, 0.2) is 6.07 Å². The minimum absolute atomic E-state index is 0.0188. The van der Waals surface area contributed by atoms with E-state index in [4.69, 9.17) is 16.3 Å². The number of ether oxygens (including phenoxy) is 1. The fourth-order valence-electron chi connectivity index (χ4n) is 1.04. The maximum atomic E-state index is 5.89. The second kappa shape index (κ2) is 4.24. The molecule has 0 aliphatic rings. The van der Waals surface area contributed by atoms with Crippen LogP contribution in [0.4, 0.5) is 0 Å². The lowest BCUT2D eigenvalue weighted by Crippen LogP contribution is -2.15.